The van der Waals surface area contributed by atoms with Crippen LogP contribution in [-0.4, -0.2) is 73.9 Å². The van der Waals surface area contributed by atoms with Crippen LogP contribution in [0.3, 0.4) is 0 Å². The molecule has 0 saturated carbocycles. The van der Waals surface area contributed by atoms with Crippen LogP contribution >= 0.6 is 0 Å². The number of nitrogens with zero attached hydrogens (tertiary/aromatic N) is 6. The smallest absolute Gasteiger partial charge is 0.362 e. The molecule has 1 N–H and O–H groups in total. The molecule has 0 radical (unpaired) electrons. The minimum Gasteiger partial charge on any atom is -0.475 e. The lowest BCUT2D eigenvalue weighted by Crippen LogP contribution is -2.48. The lowest BCUT2D eigenvalue weighted by atomic mass is 10.2. The third kappa shape index (κ3) is 3.38. The summed E-state index contributed by atoms with van der Waals surface area (Å²) in [4.78, 5) is 27.0. The number of hydrogen-bond acceptors (Lipinski definition) is 7. The minimum absolute atomic E-state index is 0.150. The first-order valence-corrected chi connectivity index (χ1v) is 8.18. The van der Waals surface area contributed by atoms with E-state index in [1.54, 1.807) is 9.58 Å². The molecule has 0 unspecified atom stereocenters. The number of carbonyl (C=O) groups is 1. The molecule has 26 heavy (non-hydrogen) atoms. The topological polar surface area (TPSA) is 122 Å². The number of H-pyrrole nitrogens is 1. The molecule has 0 aliphatic carbocycles. The Kier molecular flexibility index (Phi) is 4.89. The van der Waals surface area contributed by atoms with Crippen LogP contribution in [0.5, 0.6) is 5.88 Å². The van der Waals surface area contributed by atoms with E-state index < -0.39 is 16.5 Å². The van der Waals surface area contributed by atoms with Crippen LogP contribution in [0.25, 0.3) is 0 Å². The average Bonchev–Trinajstić information content (AvgIpc) is 3.18. The van der Waals surface area contributed by atoms with Gasteiger partial charge in [0.2, 0.25) is 5.69 Å². The second-order valence-electron chi connectivity index (χ2n) is 6.20. The van der Waals surface area contributed by atoms with Gasteiger partial charge in [0, 0.05) is 51.5 Å². The summed E-state index contributed by atoms with van der Waals surface area (Å²) in [6.07, 6.45) is 1.99. The van der Waals surface area contributed by atoms with Crippen molar-refractivity contribution >= 4 is 11.6 Å². The molecule has 1 amide bonds. The Morgan fingerprint density at radius 1 is 1.38 bits per heavy atom. The summed E-state index contributed by atoms with van der Waals surface area (Å²) in [5.74, 6) is -0.631. The van der Waals surface area contributed by atoms with Crippen molar-refractivity contribution in [3.63, 3.8) is 0 Å². The molecule has 3 rings (SSSR count). The fourth-order valence-corrected chi connectivity index (χ4v) is 3.09. The van der Waals surface area contributed by atoms with Gasteiger partial charge >= 0.3 is 11.6 Å². The van der Waals surface area contributed by atoms with Crippen molar-refractivity contribution in [1.29, 1.82) is 0 Å². The van der Waals surface area contributed by atoms with Gasteiger partial charge in [-0.05, 0) is 6.92 Å². The predicted octanol–water partition coefficient (Wildman–Crippen LogP) is 0.326. The van der Waals surface area contributed by atoms with Crippen LogP contribution in [-0.2, 0) is 13.6 Å². The van der Waals surface area contributed by atoms with Gasteiger partial charge in [0.25, 0.3) is 5.91 Å². The Morgan fingerprint density at radius 3 is 2.62 bits per heavy atom. The predicted molar refractivity (Wildman–Crippen MR) is 90.9 cm³/mol. The van der Waals surface area contributed by atoms with Crippen molar-refractivity contribution in [3.05, 3.63) is 33.3 Å². The van der Waals surface area contributed by atoms with Crippen LogP contribution in [0.15, 0.2) is 6.20 Å². The van der Waals surface area contributed by atoms with Crippen molar-refractivity contribution in [1.82, 2.24) is 29.8 Å². The van der Waals surface area contributed by atoms with Gasteiger partial charge in [0.15, 0.2) is 0 Å². The number of nitrogens with one attached hydrogen (secondary N) is 1. The maximum Gasteiger partial charge on any atom is 0.362 e. The molecule has 0 spiro atoms. The number of aromatic nitrogens is 4. The first kappa shape index (κ1) is 17.9. The van der Waals surface area contributed by atoms with Crippen LogP contribution in [0.1, 0.15) is 21.7 Å². The molecule has 0 bridgehead atoms. The van der Waals surface area contributed by atoms with Crippen molar-refractivity contribution in [2.24, 2.45) is 7.05 Å². The number of rotatable bonds is 5. The number of aromatic amines is 1. The van der Waals surface area contributed by atoms with Gasteiger partial charge in [-0.15, -0.1) is 5.10 Å². The zero-order valence-electron chi connectivity index (χ0n) is 14.9. The Morgan fingerprint density at radius 2 is 2.08 bits per heavy atom. The molecular formula is C15H21N7O4. The molecule has 3 heterocycles. The number of nitro groups is 1. The van der Waals surface area contributed by atoms with Crippen molar-refractivity contribution < 1.29 is 14.5 Å². The maximum absolute atomic E-state index is 12.6. The zero-order chi connectivity index (χ0) is 18.8. The van der Waals surface area contributed by atoms with Gasteiger partial charge in [-0.25, -0.2) is 0 Å². The van der Waals surface area contributed by atoms with E-state index in [4.69, 9.17) is 4.74 Å². The van der Waals surface area contributed by atoms with Crippen molar-refractivity contribution in [2.75, 3.05) is 33.3 Å². The SMILES string of the molecule is COc1n[nH]c(C(=O)N2CCN(Cc3cn(C)nc3C)CC2)c1[N+](=O)[O-]. The maximum atomic E-state index is 12.6. The Balaban J connectivity index is 1.65. The summed E-state index contributed by atoms with van der Waals surface area (Å²) in [6.45, 7) is 5.06. The van der Waals surface area contributed by atoms with Crippen LogP contribution in [0, 0.1) is 17.0 Å². The van der Waals surface area contributed by atoms with Crippen molar-refractivity contribution in [3.8, 4) is 5.88 Å². The normalized spacial score (nSPS) is 15.3. The van der Waals surface area contributed by atoms with E-state index in [-0.39, 0.29) is 11.6 Å². The average molecular weight is 363 g/mol. The summed E-state index contributed by atoms with van der Waals surface area (Å²) in [5, 5.41) is 21.7. The number of methoxy groups -OCH3 is 1. The highest BCUT2D eigenvalue weighted by Gasteiger charge is 2.33. The molecule has 1 aliphatic heterocycles. The first-order chi connectivity index (χ1) is 12.4. The number of piperazine rings is 1. The van der Waals surface area contributed by atoms with Crippen LogP contribution in [0.4, 0.5) is 5.69 Å². The van der Waals surface area contributed by atoms with Gasteiger partial charge in [-0.3, -0.25) is 29.6 Å². The Bertz CT molecular complexity index is 820. The van der Waals surface area contributed by atoms with Gasteiger partial charge < -0.3 is 9.64 Å². The summed E-state index contributed by atoms with van der Waals surface area (Å²) < 4.78 is 6.64. The summed E-state index contributed by atoms with van der Waals surface area (Å²) in [7, 11) is 3.16. The molecule has 1 saturated heterocycles. The fourth-order valence-electron chi connectivity index (χ4n) is 3.09. The van der Waals surface area contributed by atoms with Crippen LogP contribution in [0.2, 0.25) is 0 Å². The number of amides is 1. The van der Waals surface area contributed by atoms with Gasteiger partial charge in [0.1, 0.15) is 0 Å². The summed E-state index contributed by atoms with van der Waals surface area (Å²) >= 11 is 0. The molecule has 0 atom stereocenters. The third-order valence-corrected chi connectivity index (χ3v) is 4.47. The van der Waals surface area contributed by atoms with E-state index in [2.05, 4.69) is 20.2 Å². The molecule has 11 heteroatoms. The van der Waals surface area contributed by atoms with E-state index in [1.807, 2.05) is 20.2 Å². The Labute approximate surface area is 149 Å². The zero-order valence-corrected chi connectivity index (χ0v) is 14.9. The quantitative estimate of drug-likeness (QED) is 0.600. The van der Waals surface area contributed by atoms with Crippen LogP contribution < -0.4 is 4.74 Å². The second-order valence-corrected chi connectivity index (χ2v) is 6.20. The molecule has 1 aliphatic rings. The standard InChI is InChI=1S/C15H21N7O4/c1-10-11(8-19(2)18-10)9-20-4-6-21(7-5-20)15(23)12-13(22(24)25)14(26-3)17-16-12/h8H,4-7,9H2,1-3H3,(H,16,17). The number of aryl methyl sites for hydroxylation is 2. The molecule has 11 nitrogen and oxygen atoms in total. The van der Waals surface area contributed by atoms with Gasteiger partial charge in [-0.1, -0.05) is 0 Å². The molecule has 2 aromatic rings. The Hall–Kier alpha value is -2.95. The number of hydrogen-bond donors (Lipinski definition) is 1. The first-order valence-electron chi connectivity index (χ1n) is 8.18. The van der Waals surface area contributed by atoms with E-state index in [9.17, 15) is 14.9 Å². The third-order valence-electron chi connectivity index (χ3n) is 4.47. The summed E-state index contributed by atoms with van der Waals surface area (Å²) in [5.41, 5.74) is 1.57. The fraction of sp³-hybridized carbons (Fsp3) is 0.533. The lowest BCUT2D eigenvalue weighted by Gasteiger charge is -2.34. The van der Waals surface area contributed by atoms with Gasteiger partial charge in [-0.2, -0.15) is 5.10 Å². The van der Waals surface area contributed by atoms with E-state index in [0.29, 0.717) is 26.2 Å². The monoisotopic (exact) mass is 363 g/mol. The molecule has 2 aromatic heterocycles. The highest BCUT2D eigenvalue weighted by atomic mass is 16.6. The van der Waals surface area contributed by atoms with Crippen molar-refractivity contribution in [2.45, 2.75) is 13.5 Å². The second kappa shape index (κ2) is 7.12. The van der Waals surface area contributed by atoms with E-state index >= 15 is 0 Å². The molecule has 1 fully saturated rings. The molecule has 0 aromatic carbocycles. The van der Waals surface area contributed by atoms with E-state index in [1.165, 1.54) is 7.11 Å². The number of carbonyl (C=O) groups excluding carboxylic acids is 1. The highest BCUT2D eigenvalue weighted by molar-refractivity contribution is 5.97. The number of ether oxygens (including phenoxy) is 1. The largest absolute Gasteiger partial charge is 0.475 e. The van der Waals surface area contributed by atoms with Gasteiger partial charge in [0.05, 0.1) is 17.7 Å². The van der Waals surface area contributed by atoms with E-state index in [0.717, 1.165) is 17.8 Å². The highest BCUT2D eigenvalue weighted by Crippen LogP contribution is 2.28. The lowest BCUT2D eigenvalue weighted by molar-refractivity contribution is -0.386. The summed E-state index contributed by atoms with van der Waals surface area (Å²) in [6, 6.07) is 0. The molecular weight excluding hydrogens is 342 g/mol. The molecule has 140 valence electrons. The minimum atomic E-state index is -0.656.